The van der Waals surface area contributed by atoms with E-state index in [4.69, 9.17) is 10.4 Å². The highest BCUT2D eigenvalue weighted by Gasteiger charge is 2.05. The average Bonchev–Trinajstić information content (AvgIpc) is 1.99. The number of nitrogens with zero attached hydrogens (tertiary/aromatic N) is 2. The summed E-state index contributed by atoms with van der Waals surface area (Å²) in [7, 11) is 0. The Balaban J connectivity index is 3.08. The van der Waals surface area contributed by atoms with E-state index in [2.05, 4.69) is 4.98 Å². The van der Waals surface area contributed by atoms with E-state index in [9.17, 15) is 4.39 Å². The number of rotatable bonds is 1. The lowest BCUT2D eigenvalue weighted by molar-refractivity contribution is 0.426. The van der Waals surface area contributed by atoms with E-state index in [1.165, 1.54) is 6.20 Å². The van der Waals surface area contributed by atoms with Crippen molar-refractivity contribution in [1.29, 1.82) is 5.26 Å². The number of nitriles is 1. The quantitative estimate of drug-likeness (QED) is 0.652. The molecule has 0 fully saturated rings. The van der Waals surface area contributed by atoms with E-state index in [0.29, 0.717) is 0 Å². The molecule has 0 aliphatic heterocycles. The van der Waals surface area contributed by atoms with Gasteiger partial charge in [-0.25, -0.2) is 4.39 Å². The van der Waals surface area contributed by atoms with Crippen LogP contribution in [0.25, 0.3) is 0 Å². The Labute approximate surface area is 62.7 Å². The monoisotopic (exact) mass is 152 g/mol. The Morgan fingerprint density at radius 3 is 3.00 bits per heavy atom. The first kappa shape index (κ1) is 7.48. The van der Waals surface area contributed by atoms with Gasteiger partial charge in [-0.15, -0.1) is 0 Å². The summed E-state index contributed by atoms with van der Waals surface area (Å²) in [6.45, 7) is 0. The minimum absolute atomic E-state index is 0.0762. The van der Waals surface area contributed by atoms with Gasteiger partial charge in [0.2, 0.25) is 0 Å². The summed E-state index contributed by atoms with van der Waals surface area (Å²) in [5, 5.41) is 17.0. The smallest absolute Gasteiger partial charge is 0.172 e. The molecule has 0 unspecified atom stereocenters. The van der Waals surface area contributed by atoms with Crippen LogP contribution in [0.2, 0.25) is 0 Å². The normalized spacial score (nSPS) is 9.09. The van der Waals surface area contributed by atoms with Crippen LogP contribution in [0.3, 0.4) is 0 Å². The summed E-state index contributed by atoms with van der Waals surface area (Å²) in [5.41, 5.74) is 0.118. The number of aromatic hydroxyl groups is 1. The van der Waals surface area contributed by atoms with Gasteiger partial charge in [-0.2, -0.15) is 5.26 Å². The van der Waals surface area contributed by atoms with Gasteiger partial charge in [-0.3, -0.25) is 4.98 Å². The van der Waals surface area contributed by atoms with Crippen LogP contribution in [0.15, 0.2) is 12.4 Å². The molecule has 1 rings (SSSR count). The van der Waals surface area contributed by atoms with Crippen molar-refractivity contribution in [3.63, 3.8) is 0 Å². The number of pyridine rings is 1. The first-order valence-corrected chi connectivity index (χ1v) is 2.94. The zero-order valence-electron chi connectivity index (χ0n) is 5.58. The van der Waals surface area contributed by atoms with Crippen molar-refractivity contribution in [3.8, 4) is 11.8 Å². The van der Waals surface area contributed by atoms with Gasteiger partial charge in [0.25, 0.3) is 0 Å². The zero-order chi connectivity index (χ0) is 8.27. The molecule has 0 saturated carbocycles. The van der Waals surface area contributed by atoms with Crippen molar-refractivity contribution >= 4 is 0 Å². The van der Waals surface area contributed by atoms with Crippen molar-refractivity contribution in [2.75, 3.05) is 0 Å². The second kappa shape index (κ2) is 2.97. The van der Waals surface area contributed by atoms with Gasteiger partial charge in [-0.1, -0.05) is 0 Å². The van der Waals surface area contributed by atoms with Gasteiger partial charge in [0.1, 0.15) is 0 Å². The molecule has 1 heterocycles. The van der Waals surface area contributed by atoms with Gasteiger partial charge in [0.05, 0.1) is 18.7 Å². The number of halogens is 1. The van der Waals surface area contributed by atoms with Crippen LogP contribution in [0, 0.1) is 17.1 Å². The largest absolute Gasteiger partial charge is 0.504 e. The molecule has 0 atom stereocenters. The predicted octanol–water partition coefficient (Wildman–Crippen LogP) is 0.992. The Morgan fingerprint density at radius 1 is 1.64 bits per heavy atom. The second-order valence-corrected chi connectivity index (χ2v) is 1.97. The molecule has 1 N–H and O–H groups in total. The molecule has 0 aliphatic carbocycles. The van der Waals surface area contributed by atoms with Crippen molar-refractivity contribution in [2.45, 2.75) is 6.42 Å². The lowest BCUT2D eigenvalue weighted by Crippen LogP contribution is -1.90. The van der Waals surface area contributed by atoms with E-state index in [1.54, 1.807) is 6.07 Å². The third-order valence-corrected chi connectivity index (χ3v) is 1.20. The van der Waals surface area contributed by atoms with Crippen LogP contribution in [0.1, 0.15) is 5.56 Å². The van der Waals surface area contributed by atoms with E-state index in [1.807, 2.05) is 0 Å². The third kappa shape index (κ3) is 1.44. The second-order valence-electron chi connectivity index (χ2n) is 1.97. The molecule has 1 aromatic heterocycles. The summed E-state index contributed by atoms with van der Waals surface area (Å²) >= 11 is 0. The number of aromatic nitrogens is 1. The third-order valence-electron chi connectivity index (χ3n) is 1.20. The molecule has 0 radical (unpaired) electrons. The number of hydrogen-bond acceptors (Lipinski definition) is 3. The van der Waals surface area contributed by atoms with Gasteiger partial charge in [0, 0.05) is 11.8 Å². The fourth-order valence-electron chi connectivity index (χ4n) is 0.684. The van der Waals surface area contributed by atoms with Crippen LogP contribution in [-0.2, 0) is 6.42 Å². The molecule has 11 heavy (non-hydrogen) atoms. The van der Waals surface area contributed by atoms with Crippen molar-refractivity contribution in [1.82, 2.24) is 4.98 Å². The summed E-state index contributed by atoms with van der Waals surface area (Å²) in [6, 6.07) is 1.76. The van der Waals surface area contributed by atoms with Crippen molar-refractivity contribution in [3.05, 3.63) is 23.8 Å². The number of hydrogen-bond donors (Lipinski definition) is 1. The molecule has 4 heteroatoms. The molecule has 1 aromatic rings. The molecule has 0 aromatic carbocycles. The molecule has 0 amide bonds. The van der Waals surface area contributed by atoms with Crippen molar-refractivity contribution < 1.29 is 9.50 Å². The molecule has 0 aliphatic rings. The van der Waals surface area contributed by atoms with Gasteiger partial charge in [0.15, 0.2) is 11.6 Å². The fraction of sp³-hybridized carbons (Fsp3) is 0.143. The van der Waals surface area contributed by atoms with E-state index in [0.717, 1.165) is 6.20 Å². The molecule has 0 saturated heterocycles. The summed E-state index contributed by atoms with van der Waals surface area (Å²) in [6.07, 6.45) is 2.14. The predicted molar refractivity (Wildman–Crippen MR) is 35.2 cm³/mol. The van der Waals surface area contributed by atoms with E-state index in [-0.39, 0.29) is 12.0 Å². The summed E-state index contributed by atoms with van der Waals surface area (Å²) < 4.78 is 12.7. The maximum atomic E-state index is 12.7. The van der Waals surface area contributed by atoms with Gasteiger partial charge >= 0.3 is 0 Å². The lowest BCUT2D eigenvalue weighted by Gasteiger charge is -1.97. The van der Waals surface area contributed by atoms with E-state index < -0.39 is 11.6 Å². The molecule has 3 nitrogen and oxygen atoms in total. The van der Waals surface area contributed by atoms with Crippen LogP contribution >= 0.6 is 0 Å². The minimum atomic E-state index is -0.762. The van der Waals surface area contributed by atoms with Crippen LogP contribution in [0.4, 0.5) is 4.39 Å². The molecule has 0 bridgehead atoms. The molecular formula is C7H5FN2O. The maximum Gasteiger partial charge on any atom is 0.172 e. The van der Waals surface area contributed by atoms with Crippen molar-refractivity contribution in [2.24, 2.45) is 0 Å². The van der Waals surface area contributed by atoms with Gasteiger partial charge < -0.3 is 5.11 Å². The first-order chi connectivity index (χ1) is 5.25. The molecule has 56 valence electrons. The molecule has 0 spiro atoms. The van der Waals surface area contributed by atoms with Crippen LogP contribution in [-0.4, -0.2) is 10.1 Å². The summed E-state index contributed by atoms with van der Waals surface area (Å²) in [5.74, 6) is -1.28. The standard InChI is InChI=1S/C7H5FN2O/c8-7-5(1-2-9)3-10-4-6(7)11/h3-4,11H,1H2. The van der Waals surface area contributed by atoms with Crippen LogP contribution < -0.4 is 0 Å². The Morgan fingerprint density at radius 2 is 2.36 bits per heavy atom. The first-order valence-electron chi connectivity index (χ1n) is 2.94. The fourth-order valence-corrected chi connectivity index (χ4v) is 0.684. The zero-order valence-corrected chi connectivity index (χ0v) is 5.58. The summed E-state index contributed by atoms with van der Waals surface area (Å²) in [4.78, 5) is 3.52. The van der Waals surface area contributed by atoms with E-state index >= 15 is 0 Å². The van der Waals surface area contributed by atoms with Gasteiger partial charge in [-0.05, 0) is 0 Å². The Bertz CT molecular complexity index is 306. The SMILES string of the molecule is N#CCc1cncc(O)c1F. The molecular weight excluding hydrogens is 147 g/mol. The highest BCUT2D eigenvalue weighted by molar-refractivity contribution is 5.26. The highest BCUT2D eigenvalue weighted by atomic mass is 19.1. The lowest BCUT2D eigenvalue weighted by atomic mass is 10.2. The highest BCUT2D eigenvalue weighted by Crippen LogP contribution is 2.16. The topological polar surface area (TPSA) is 56.9 Å². The average molecular weight is 152 g/mol. The van der Waals surface area contributed by atoms with Crippen LogP contribution in [0.5, 0.6) is 5.75 Å². The Hall–Kier alpha value is -1.63. The maximum absolute atomic E-state index is 12.7. The minimum Gasteiger partial charge on any atom is -0.504 e. The Kier molecular flexibility index (Phi) is 2.02.